The molecule has 0 aliphatic carbocycles. The van der Waals surface area contributed by atoms with Crippen LogP contribution >= 0.6 is 11.3 Å². The minimum Gasteiger partial charge on any atom is -0.497 e. The van der Waals surface area contributed by atoms with Crippen LogP contribution in [-0.4, -0.2) is 12.2 Å². The number of aromatic hydroxyl groups is 1. The molecule has 2 nitrogen and oxygen atoms in total. The van der Waals surface area contributed by atoms with Gasteiger partial charge in [-0.2, -0.15) is 0 Å². The van der Waals surface area contributed by atoms with E-state index < -0.39 is 0 Å². The van der Waals surface area contributed by atoms with E-state index in [4.69, 9.17) is 9.84 Å². The Balaban J connectivity index is 0.000000561. The predicted octanol–water partition coefficient (Wildman–Crippen LogP) is 3.05. The molecule has 0 spiro atoms. The fourth-order valence-corrected chi connectivity index (χ4v) is 1.68. The average molecular weight is 188 g/mol. The molecule has 0 bridgehead atoms. The Hall–Kier alpha value is -0.700. The van der Waals surface area contributed by atoms with Crippen LogP contribution in [0, 0.1) is 0 Å². The van der Waals surface area contributed by atoms with Crippen molar-refractivity contribution < 1.29 is 9.84 Å². The van der Waals surface area contributed by atoms with E-state index in [1.54, 1.807) is 7.11 Å². The van der Waals surface area contributed by atoms with Gasteiger partial charge in [0.15, 0.2) is 5.75 Å². The Bertz CT molecular complexity index is 218. The van der Waals surface area contributed by atoms with E-state index in [2.05, 4.69) is 0 Å². The summed E-state index contributed by atoms with van der Waals surface area (Å²) in [5.74, 6) is 0.632. The van der Waals surface area contributed by atoms with E-state index in [1.807, 2.05) is 26.2 Å². The maximum Gasteiger partial charge on any atom is 0.214 e. The van der Waals surface area contributed by atoms with Gasteiger partial charge in [-0.15, -0.1) is 11.3 Å². The van der Waals surface area contributed by atoms with Gasteiger partial charge in [0.2, 0.25) is 5.06 Å². The van der Waals surface area contributed by atoms with Crippen molar-refractivity contribution in [3.8, 4) is 10.8 Å². The number of ether oxygens (including phenoxy) is 1. The van der Waals surface area contributed by atoms with Crippen LogP contribution in [0.4, 0.5) is 0 Å². The van der Waals surface area contributed by atoms with Gasteiger partial charge < -0.3 is 9.84 Å². The second-order valence-electron chi connectivity index (χ2n) is 1.95. The minimum atomic E-state index is 0.277. The summed E-state index contributed by atoms with van der Waals surface area (Å²) in [6.45, 7) is 6.03. The first-order valence-electron chi connectivity index (χ1n) is 4.13. The molecule has 0 saturated carbocycles. The van der Waals surface area contributed by atoms with Crippen LogP contribution < -0.4 is 4.74 Å². The van der Waals surface area contributed by atoms with Crippen molar-refractivity contribution in [3.05, 3.63) is 10.9 Å². The van der Waals surface area contributed by atoms with Crippen LogP contribution in [0.1, 0.15) is 26.3 Å². The van der Waals surface area contributed by atoms with Crippen LogP contribution in [-0.2, 0) is 6.42 Å². The highest BCUT2D eigenvalue weighted by molar-refractivity contribution is 7.12. The highest BCUT2D eigenvalue weighted by atomic mass is 32.1. The van der Waals surface area contributed by atoms with Crippen LogP contribution in [0.25, 0.3) is 0 Å². The van der Waals surface area contributed by atoms with E-state index in [1.165, 1.54) is 11.3 Å². The second kappa shape index (κ2) is 5.89. The van der Waals surface area contributed by atoms with E-state index in [-0.39, 0.29) is 5.06 Å². The zero-order valence-electron chi connectivity index (χ0n) is 8.05. The molecule has 70 valence electrons. The van der Waals surface area contributed by atoms with Crippen molar-refractivity contribution in [2.24, 2.45) is 0 Å². The van der Waals surface area contributed by atoms with Gasteiger partial charge in [0.1, 0.15) is 0 Å². The summed E-state index contributed by atoms with van der Waals surface area (Å²) in [5, 5.41) is 11.3. The number of aryl methyl sites for hydroxylation is 1. The molecule has 1 aromatic heterocycles. The lowest BCUT2D eigenvalue weighted by atomic mass is 10.2. The highest BCUT2D eigenvalue weighted by Gasteiger charge is 2.08. The summed E-state index contributed by atoms with van der Waals surface area (Å²) in [5.41, 5.74) is 1.07. The zero-order chi connectivity index (χ0) is 9.56. The van der Waals surface area contributed by atoms with Gasteiger partial charge in [0.25, 0.3) is 0 Å². The molecule has 0 unspecified atom stereocenters. The lowest BCUT2D eigenvalue weighted by Crippen LogP contribution is -1.84. The number of rotatable bonds is 2. The highest BCUT2D eigenvalue weighted by Crippen LogP contribution is 2.36. The Kier molecular flexibility index (Phi) is 5.54. The van der Waals surface area contributed by atoms with Gasteiger partial charge in [0, 0.05) is 10.9 Å². The Morgan fingerprint density at radius 3 is 2.42 bits per heavy atom. The quantitative estimate of drug-likeness (QED) is 0.773. The van der Waals surface area contributed by atoms with Crippen molar-refractivity contribution in [1.82, 2.24) is 0 Å². The van der Waals surface area contributed by atoms with Crippen molar-refractivity contribution in [2.45, 2.75) is 27.2 Å². The van der Waals surface area contributed by atoms with E-state index in [9.17, 15) is 0 Å². The third-order valence-corrected chi connectivity index (χ3v) is 2.19. The fraction of sp³-hybridized carbons (Fsp3) is 0.556. The van der Waals surface area contributed by atoms with E-state index in [0.717, 1.165) is 12.0 Å². The summed E-state index contributed by atoms with van der Waals surface area (Å²) in [6, 6.07) is 0. The molecule has 0 radical (unpaired) electrons. The normalized spacial score (nSPS) is 8.67. The number of hydrogen-bond acceptors (Lipinski definition) is 3. The van der Waals surface area contributed by atoms with Gasteiger partial charge in [-0.3, -0.25) is 0 Å². The summed E-state index contributed by atoms with van der Waals surface area (Å²) in [7, 11) is 1.57. The lowest BCUT2D eigenvalue weighted by molar-refractivity contribution is 0.378. The largest absolute Gasteiger partial charge is 0.497 e. The molecule has 1 heterocycles. The molecule has 0 atom stereocenters. The molecule has 1 aromatic rings. The summed E-state index contributed by atoms with van der Waals surface area (Å²) < 4.78 is 4.97. The van der Waals surface area contributed by atoms with Crippen LogP contribution in [0.2, 0.25) is 0 Å². The van der Waals surface area contributed by atoms with Gasteiger partial charge in [-0.05, 0) is 6.42 Å². The molecule has 3 heteroatoms. The summed E-state index contributed by atoms with van der Waals surface area (Å²) >= 11 is 1.31. The maximum atomic E-state index is 9.16. The second-order valence-corrected chi connectivity index (χ2v) is 2.81. The van der Waals surface area contributed by atoms with Crippen molar-refractivity contribution in [3.63, 3.8) is 0 Å². The monoisotopic (exact) mass is 188 g/mol. The zero-order valence-corrected chi connectivity index (χ0v) is 8.86. The smallest absolute Gasteiger partial charge is 0.214 e. The fourth-order valence-electron chi connectivity index (χ4n) is 0.834. The Labute approximate surface area is 77.8 Å². The topological polar surface area (TPSA) is 29.5 Å². The van der Waals surface area contributed by atoms with E-state index in [0.29, 0.717) is 5.75 Å². The average Bonchev–Trinajstić information content (AvgIpc) is 2.49. The first kappa shape index (κ1) is 11.3. The third-order valence-electron chi connectivity index (χ3n) is 1.38. The number of thiophene rings is 1. The van der Waals surface area contributed by atoms with Crippen molar-refractivity contribution in [2.75, 3.05) is 7.11 Å². The third kappa shape index (κ3) is 2.41. The molecule has 0 amide bonds. The molecule has 0 saturated heterocycles. The SMILES string of the molecule is CC.CCc1csc(O)c1OC. The number of hydrogen-bond donors (Lipinski definition) is 1. The van der Waals surface area contributed by atoms with Crippen molar-refractivity contribution in [1.29, 1.82) is 0 Å². The lowest BCUT2D eigenvalue weighted by Gasteiger charge is -1.98. The van der Waals surface area contributed by atoms with Gasteiger partial charge in [0.05, 0.1) is 7.11 Å². The summed E-state index contributed by atoms with van der Waals surface area (Å²) in [4.78, 5) is 0. The molecule has 0 fully saturated rings. The minimum absolute atomic E-state index is 0.277. The standard InChI is InChI=1S/C7H10O2S.C2H6/c1-3-5-4-10-7(8)6(5)9-2;1-2/h4,8H,3H2,1-2H3;1-2H3. The molecule has 1 rings (SSSR count). The molecule has 0 aliphatic heterocycles. The number of methoxy groups -OCH3 is 1. The Morgan fingerprint density at radius 2 is 2.08 bits per heavy atom. The van der Waals surface area contributed by atoms with E-state index >= 15 is 0 Å². The van der Waals surface area contributed by atoms with Gasteiger partial charge >= 0.3 is 0 Å². The molecule has 0 aromatic carbocycles. The summed E-state index contributed by atoms with van der Waals surface area (Å²) in [6.07, 6.45) is 0.903. The molecule has 0 aliphatic rings. The van der Waals surface area contributed by atoms with Gasteiger partial charge in [-0.25, -0.2) is 0 Å². The Morgan fingerprint density at radius 1 is 1.50 bits per heavy atom. The molecular weight excluding hydrogens is 172 g/mol. The molecule has 1 N–H and O–H groups in total. The molecular formula is C9H16O2S. The van der Waals surface area contributed by atoms with Crippen molar-refractivity contribution >= 4 is 11.3 Å². The first-order valence-corrected chi connectivity index (χ1v) is 5.00. The maximum absolute atomic E-state index is 9.16. The van der Waals surface area contributed by atoms with Crippen LogP contribution in [0.5, 0.6) is 10.8 Å². The van der Waals surface area contributed by atoms with Crippen LogP contribution in [0.3, 0.4) is 0 Å². The van der Waals surface area contributed by atoms with Crippen LogP contribution in [0.15, 0.2) is 5.38 Å². The predicted molar refractivity (Wildman–Crippen MR) is 53.3 cm³/mol. The first-order chi connectivity index (χ1) is 5.79. The molecule has 12 heavy (non-hydrogen) atoms. The van der Waals surface area contributed by atoms with Gasteiger partial charge in [-0.1, -0.05) is 20.8 Å².